The lowest BCUT2D eigenvalue weighted by molar-refractivity contribution is 0.412. The van der Waals surface area contributed by atoms with Gasteiger partial charge in [-0.3, -0.25) is 0 Å². The molecule has 0 nitrogen and oxygen atoms in total. The minimum absolute atomic E-state index is 0.00231. The SMILES string of the molecule is CC1(C)[CH]C1C=C(F)F. The summed E-state index contributed by atoms with van der Waals surface area (Å²) in [5, 5.41) is 0. The fraction of sp³-hybridized carbons (Fsp3) is 0.571. The van der Waals surface area contributed by atoms with Crippen LogP contribution in [-0.4, -0.2) is 0 Å². The molecule has 0 spiro atoms. The van der Waals surface area contributed by atoms with Crippen molar-refractivity contribution in [1.82, 2.24) is 0 Å². The molecular formula is C7H9F2. The molecule has 1 unspecified atom stereocenters. The van der Waals surface area contributed by atoms with Crippen LogP contribution in [0, 0.1) is 17.8 Å². The van der Waals surface area contributed by atoms with Crippen molar-refractivity contribution in [2.75, 3.05) is 0 Å². The van der Waals surface area contributed by atoms with Gasteiger partial charge < -0.3 is 0 Å². The van der Waals surface area contributed by atoms with E-state index in [0.717, 1.165) is 6.08 Å². The van der Waals surface area contributed by atoms with Gasteiger partial charge in [0.15, 0.2) is 0 Å². The highest BCUT2D eigenvalue weighted by Gasteiger charge is 2.44. The van der Waals surface area contributed by atoms with Gasteiger partial charge in [0, 0.05) is 0 Å². The second kappa shape index (κ2) is 1.79. The minimum Gasteiger partial charge on any atom is -0.174 e. The average Bonchev–Trinajstić information content (AvgIpc) is 2.10. The summed E-state index contributed by atoms with van der Waals surface area (Å²) in [6.45, 7) is 3.88. The third kappa shape index (κ3) is 1.50. The molecule has 1 radical (unpaired) electrons. The van der Waals surface area contributed by atoms with Gasteiger partial charge in [-0.05, 0) is 23.8 Å². The zero-order chi connectivity index (χ0) is 7.07. The van der Waals surface area contributed by atoms with Gasteiger partial charge in [-0.1, -0.05) is 13.8 Å². The lowest BCUT2D eigenvalue weighted by Gasteiger charge is -1.93. The Morgan fingerprint density at radius 3 is 2.11 bits per heavy atom. The summed E-state index contributed by atoms with van der Waals surface area (Å²) >= 11 is 0. The van der Waals surface area contributed by atoms with Gasteiger partial charge in [0.1, 0.15) is 0 Å². The summed E-state index contributed by atoms with van der Waals surface area (Å²) in [6, 6.07) is 0. The first-order chi connectivity index (χ1) is 4.02. The van der Waals surface area contributed by atoms with E-state index in [9.17, 15) is 8.78 Å². The molecule has 1 saturated carbocycles. The Morgan fingerprint density at radius 1 is 1.56 bits per heavy atom. The Morgan fingerprint density at radius 2 is 2.00 bits per heavy atom. The van der Waals surface area contributed by atoms with E-state index in [1.165, 1.54) is 0 Å². The van der Waals surface area contributed by atoms with Crippen molar-refractivity contribution in [3.05, 3.63) is 18.6 Å². The molecule has 0 aliphatic heterocycles. The van der Waals surface area contributed by atoms with Crippen molar-refractivity contribution in [1.29, 1.82) is 0 Å². The standard InChI is InChI=1S/C7H9F2/c1-7(2)4-5(7)3-6(8)9/h3-5H,1-2H3. The molecule has 2 heteroatoms. The molecule has 0 amide bonds. The van der Waals surface area contributed by atoms with E-state index < -0.39 is 6.08 Å². The molecule has 1 atom stereocenters. The largest absolute Gasteiger partial charge is 0.266 e. The Kier molecular flexibility index (Phi) is 1.34. The van der Waals surface area contributed by atoms with Gasteiger partial charge in [0.2, 0.25) is 0 Å². The van der Waals surface area contributed by atoms with E-state index >= 15 is 0 Å². The highest BCUT2D eigenvalue weighted by Crippen LogP contribution is 2.51. The van der Waals surface area contributed by atoms with E-state index in [4.69, 9.17) is 0 Å². The molecule has 1 aliphatic rings. The maximum atomic E-state index is 11.5. The van der Waals surface area contributed by atoms with Crippen molar-refractivity contribution >= 4 is 0 Å². The molecule has 0 saturated heterocycles. The molecule has 0 heterocycles. The molecule has 1 fully saturated rings. The van der Waals surface area contributed by atoms with Crippen LogP contribution in [0.4, 0.5) is 8.78 Å². The van der Waals surface area contributed by atoms with Gasteiger partial charge in [-0.15, -0.1) is 0 Å². The number of allylic oxidation sites excluding steroid dienone is 1. The van der Waals surface area contributed by atoms with Crippen LogP contribution in [0.2, 0.25) is 0 Å². The number of rotatable bonds is 1. The molecule has 0 N–H and O–H groups in total. The van der Waals surface area contributed by atoms with Crippen molar-refractivity contribution in [2.24, 2.45) is 11.3 Å². The quantitative estimate of drug-likeness (QED) is 0.513. The van der Waals surface area contributed by atoms with Crippen molar-refractivity contribution < 1.29 is 8.78 Å². The zero-order valence-electron chi connectivity index (χ0n) is 5.49. The maximum Gasteiger partial charge on any atom is 0.266 e. The first kappa shape index (κ1) is 6.72. The van der Waals surface area contributed by atoms with Gasteiger partial charge in [0.25, 0.3) is 6.08 Å². The Labute approximate surface area is 53.6 Å². The molecule has 0 aromatic rings. The number of hydrogen-bond donors (Lipinski definition) is 0. The molecule has 51 valence electrons. The molecule has 0 bridgehead atoms. The maximum absolute atomic E-state index is 11.5. The van der Waals surface area contributed by atoms with Crippen LogP contribution < -0.4 is 0 Å². The molecule has 1 aliphatic carbocycles. The summed E-state index contributed by atoms with van der Waals surface area (Å²) < 4.78 is 23.0. The Balaban J connectivity index is 2.45. The summed E-state index contributed by atoms with van der Waals surface area (Å²) in [5.41, 5.74) is 0.0173. The second-order valence-corrected chi connectivity index (χ2v) is 2.97. The third-order valence-corrected chi connectivity index (χ3v) is 1.66. The number of halogens is 2. The predicted octanol–water partition coefficient (Wildman–Crippen LogP) is 2.63. The summed E-state index contributed by atoms with van der Waals surface area (Å²) in [7, 11) is 0. The summed E-state index contributed by atoms with van der Waals surface area (Å²) in [4.78, 5) is 0. The Bertz CT molecular complexity index is 143. The lowest BCUT2D eigenvalue weighted by Crippen LogP contribution is -1.85. The smallest absolute Gasteiger partial charge is 0.174 e. The van der Waals surface area contributed by atoms with Crippen molar-refractivity contribution in [3.8, 4) is 0 Å². The van der Waals surface area contributed by atoms with Crippen LogP contribution in [0.5, 0.6) is 0 Å². The fourth-order valence-electron chi connectivity index (χ4n) is 0.813. The van der Waals surface area contributed by atoms with E-state index in [1.54, 1.807) is 0 Å². The van der Waals surface area contributed by atoms with Crippen LogP contribution >= 0.6 is 0 Å². The Hall–Kier alpha value is -0.400. The van der Waals surface area contributed by atoms with Gasteiger partial charge in [-0.2, -0.15) is 8.78 Å². The predicted molar refractivity (Wildman–Crippen MR) is 31.9 cm³/mol. The van der Waals surface area contributed by atoms with E-state index in [1.807, 2.05) is 20.3 Å². The normalized spacial score (nSPS) is 29.6. The second-order valence-electron chi connectivity index (χ2n) is 2.97. The molecule has 1 rings (SSSR count). The van der Waals surface area contributed by atoms with Crippen LogP contribution in [0.15, 0.2) is 12.2 Å². The average molecular weight is 131 g/mol. The molecule has 0 aromatic carbocycles. The monoisotopic (exact) mass is 131 g/mol. The van der Waals surface area contributed by atoms with E-state index in [2.05, 4.69) is 0 Å². The highest BCUT2D eigenvalue weighted by atomic mass is 19.3. The first-order valence-electron chi connectivity index (χ1n) is 2.91. The zero-order valence-corrected chi connectivity index (χ0v) is 5.49. The fourth-order valence-corrected chi connectivity index (χ4v) is 0.813. The molecular weight excluding hydrogens is 122 g/mol. The van der Waals surface area contributed by atoms with Gasteiger partial charge in [-0.25, -0.2) is 0 Å². The third-order valence-electron chi connectivity index (χ3n) is 1.66. The van der Waals surface area contributed by atoms with Crippen LogP contribution in [-0.2, 0) is 0 Å². The number of hydrogen-bond acceptors (Lipinski definition) is 0. The summed E-state index contributed by atoms with van der Waals surface area (Å²) in [5.74, 6) is 0.00231. The van der Waals surface area contributed by atoms with E-state index in [-0.39, 0.29) is 11.3 Å². The minimum atomic E-state index is -1.57. The topological polar surface area (TPSA) is 0 Å². The highest BCUT2D eigenvalue weighted by molar-refractivity contribution is 5.21. The van der Waals surface area contributed by atoms with Gasteiger partial charge >= 0.3 is 0 Å². The van der Waals surface area contributed by atoms with Gasteiger partial charge in [0.05, 0.1) is 0 Å². The van der Waals surface area contributed by atoms with E-state index in [0.29, 0.717) is 0 Å². The molecule has 9 heavy (non-hydrogen) atoms. The van der Waals surface area contributed by atoms with Crippen LogP contribution in [0.1, 0.15) is 13.8 Å². The van der Waals surface area contributed by atoms with Crippen LogP contribution in [0.3, 0.4) is 0 Å². The first-order valence-corrected chi connectivity index (χ1v) is 2.91. The van der Waals surface area contributed by atoms with Crippen molar-refractivity contribution in [2.45, 2.75) is 13.8 Å². The van der Waals surface area contributed by atoms with Crippen LogP contribution in [0.25, 0.3) is 0 Å². The summed E-state index contributed by atoms with van der Waals surface area (Å²) in [6.07, 6.45) is 1.33. The lowest BCUT2D eigenvalue weighted by atomic mass is 10.1. The molecule has 0 aromatic heterocycles. The van der Waals surface area contributed by atoms with Crippen molar-refractivity contribution in [3.63, 3.8) is 0 Å².